The van der Waals surface area contributed by atoms with Gasteiger partial charge in [-0.05, 0) is 17.8 Å². The van der Waals surface area contributed by atoms with E-state index in [0.29, 0.717) is 0 Å². The quantitative estimate of drug-likeness (QED) is 0.748. The highest BCUT2D eigenvalue weighted by Gasteiger charge is 2.50. The van der Waals surface area contributed by atoms with Crippen molar-refractivity contribution in [3.05, 3.63) is 0 Å². The fraction of sp³-hybridized carbons (Fsp3) is 0.833. The Bertz CT molecular complexity index is 297. The highest BCUT2D eigenvalue weighted by Crippen LogP contribution is 2.51. The van der Waals surface area contributed by atoms with Crippen molar-refractivity contribution in [1.29, 1.82) is 0 Å². The first-order valence-corrected chi connectivity index (χ1v) is 5.76. The summed E-state index contributed by atoms with van der Waals surface area (Å²) >= 11 is 0. The third-order valence-corrected chi connectivity index (χ3v) is 3.45. The molecule has 0 saturated heterocycles. The summed E-state index contributed by atoms with van der Waals surface area (Å²) < 4.78 is 0. The number of carbonyl (C=O) groups is 2. The molecule has 1 fully saturated rings. The van der Waals surface area contributed by atoms with E-state index in [-0.39, 0.29) is 29.7 Å². The summed E-state index contributed by atoms with van der Waals surface area (Å²) in [5.41, 5.74) is 0.0979. The molecule has 2 unspecified atom stereocenters. The maximum atomic E-state index is 11.7. The molecule has 0 bridgehead atoms. The molecule has 1 aliphatic rings. The SMILES string of the molecule is CC(C)C(CNC(=O)C1CC1(C)C)C(=O)O. The van der Waals surface area contributed by atoms with Gasteiger partial charge < -0.3 is 10.4 Å². The standard InChI is InChI=1S/C12H21NO3/c1-7(2)8(11(15)16)6-13-10(14)9-5-12(9,3)4/h7-9H,5-6H2,1-4H3,(H,13,14)(H,15,16). The van der Waals surface area contributed by atoms with Crippen LogP contribution in [0, 0.1) is 23.2 Å². The molecule has 2 N–H and O–H groups in total. The average molecular weight is 227 g/mol. The zero-order chi connectivity index (χ0) is 12.5. The minimum absolute atomic E-state index is 0.00287. The van der Waals surface area contributed by atoms with E-state index in [0.717, 1.165) is 6.42 Å². The third kappa shape index (κ3) is 2.97. The van der Waals surface area contributed by atoms with Crippen LogP contribution in [0.25, 0.3) is 0 Å². The second-order valence-corrected chi connectivity index (χ2v) is 5.68. The van der Waals surface area contributed by atoms with E-state index >= 15 is 0 Å². The van der Waals surface area contributed by atoms with E-state index in [2.05, 4.69) is 5.32 Å². The van der Waals surface area contributed by atoms with Gasteiger partial charge in [-0.3, -0.25) is 9.59 Å². The normalized spacial score (nSPS) is 23.9. The molecule has 92 valence electrons. The lowest BCUT2D eigenvalue weighted by Gasteiger charge is -2.17. The number of rotatable bonds is 5. The fourth-order valence-electron chi connectivity index (χ4n) is 1.86. The van der Waals surface area contributed by atoms with Gasteiger partial charge in [0.25, 0.3) is 0 Å². The minimum atomic E-state index is -0.842. The largest absolute Gasteiger partial charge is 0.481 e. The zero-order valence-corrected chi connectivity index (χ0v) is 10.4. The molecular weight excluding hydrogens is 206 g/mol. The Hall–Kier alpha value is -1.06. The Balaban J connectivity index is 2.39. The van der Waals surface area contributed by atoms with E-state index in [1.807, 2.05) is 27.7 Å². The summed E-state index contributed by atoms with van der Waals surface area (Å²) in [6, 6.07) is 0. The number of carboxylic acid groups (broad SMARTS) is 1. The summed E-state index contributed by atoms with van der Waals surface area (Å²) in [4.78, 5) is 22.6. The topological polar surface area (TPSA) is 66.4 Å². The Morgan fingerprint density at radius 3 is 2.25 bits per heavy atom. The first-order valence-electron chi connectivity index (χ1n) is 5.76. The Morgan fingerprint density at radius 1 is 1.44 bits per heavy atom. The maximum Gasteiger partial charge on any atom is 0.308 e. The van der Waals surface area contributed by atoms with E-state index in [1.54, 1.807) is 0 Å². The van der Waals surface area contributed by atoms with Gasteiger partial charge in [-0.25, -0.2) is 0 Å². The number of hydrogen-bond acceptors (Lipinski definition) is 2. The van der Waals surface area contributed by atoms with Gasteiger partial charge in [0, 0.05) is 12.5 Å². The van der Waals surface area contributed by atoms with Gasteiger partial charge in [0.2, 0.25) is 5.91 Å². The molecule has 1 aliphatic carbocycles. The van der Waals surface area contributed by atoms with Crippen LogP contribution in [-0.2, 0) is 9.59 Å². The van der Waals surface area contributed by atoms with Gasteiger partial charge in [0.15, 0.2) is 0 Å². The molecule has 2 atom stereocenters. The first kappa shape index (κ1) is 13.0. The zero-order valence-electron chi connectivity index (χ0n) is 10.4. The summed E-state index contributed by atoms with van der Waals surface area (Å²) in [7, 11) is 0. The molecule has 0 aliphatic heterocycles. The van der Waals surface area contributed by atoms with E-state index in [1.165, 1.54) is 0 Å². The van der Waals surface area contributed by atoms with Gasteiger partial charge in [-0.1, -0.05) is 27.7 Å². The van der Waals surface area contributed by atoms with Crippen LogP contribution in [0.2, 0.25) is 0 Å². The highest BCUT2D eigenvalue weighted by molar-refractivity contribution is 5.83. The lowest BCUT2D eigenvalue weighted by molar-refractivity contribution is -0.143. The van der Waals surface area contributed by atoms with Crippen LogP contribution in [0.1, 0.15) is 34.1 Å². The van der Waals surface area contributed by atoms with E-state index in [9.17, 15) is 9.59 Å². The molecule has 0 heterocycles. The van der Waals surface area contributed by atoms with Crippen LogP contribution in [0.4, 0.5) is 0 Å². The van der Waals surface area contributed by atoms with Crippen LogP contribution in [0.15, 0.2) is 0 Å². The second-order valence-electron chi connectivity index (χ2n) is 5.68. The summed E-state index contributed by atoms with van der Waals surface area (Å²) in [6.45, 7) is 8.04. The van der Waals surface area contributed by atoms with Crippen molar-refractivity contribution in [2.45, 2.75) is 34.1 Å². The fourth-order valence-corrected chi connectivity index (χ4v) is 1.86. The van der Waals surface area contributed by atoms with Crippen LogP contribution < -0.4 is 5.32 Å². The molecule has 4 nitrogen and oxygen atoms in total. The predicted octanol–water partition coefficient (Wildman–Crippen LogP) is 1.51. The van der Waals surface area contributed by atoms with Crippen molar-refractivity contribution >= 4 is 11.9 Å². The molecule has 0 aromatic heterocycles. The lowest BCUT2D eigenvalue weighted by atomic mass is 9.96. The van der Waals surface area contributed by atoms with Gasteiger partial charge >= 0.3 is 5.97 Å². The predicted molar refractivity (Wildman–Crippen MR) is 60.9 cm³/mol. The smallest absolute Gasteiger partial charge is 0.308 e. The van der Waals surface area contributed by atoms with Gasteiger partial charge in [-0.15, -0.1) is 0 Å². The number of nitrogens with one attached hydrogen (secondary N) is 1. The minimum Gasteiger partial charge on any atom is -0.481 e. The number of carbonyl (C=O) groups excluding carboxylic acids is 1. The van der Waals surface area contributed by atoms with Crippen LogP contribution in [-0.4, -0.2) is 23.5 Å². The summed E-state index contributed by atoms with van der Waals surface area (Å²) in [6.07, 6.45) is 0.901. The first-order chi connectivity index (χ1) is 7.25. The summed E-state index contributed by atoms with van der Waals surface area (Å²) in [5.74, 6) is -1.24. The number of hydrogen-bond donors (Lipinski definition) is 2. The molecule has 1 amide bonds. The molecule has 0 spiro atoms. The Labute approximate surface area is 96.4 Å². The maximum absolute atomic E-state index is 11.7. The van der Waals surface area contributed by atoms with E-state index in [4.69, 9.17) is 5.11 Å². The van der Waals surface area contributed by atoms with Gasteiger partial charge in [-0.2, -0.15) is 0 Å². The molecule has 4 heteroatoms. The van der Waals surface area contributed by atoms with E-state index < -0.39 is 11.9 Å². The lowest BCUT2D eigenvalue weighted by Crippen LogP contribution is -2.36. The Morgan fingerprint density at radius 2 is 1.94 bits per heavy atom. The molecule has 1 saturated carbocycles. The van der Waals surface area contributed by atoms with Crippen LogP contribution in [0.5, 0.6) is 0 Å². The molecule has 0 radical (unpaired) electrons. The van der Waals surface area contributed by atoms with Crippen LogP contribution >= 0.6 is 0 Å². The van der Waals surface area contributed by atoms with Gasteiger partial charge in [0.05, 0.1) is 5.92 Å². The molecule has 1 rings (SSSR count). The molecular formula is C12H21NO3. The molecule has 16 heavy (non-hydrogen) atoms. The van der Waals surface area contributed by atoms with Crippen molar-refractivity contribution in [2.24, 2.45) is 23.2 Å². The van der Waals surface area contributed by atoms with Crippen LogP contribution in [0.3, 0.4) is 0 Å². The van der Waals surface area contributed by atoms with Crippen molar-refractivity contribution < 1.29 is 14.7 Å². The molecule has 0 aromatic carbocycles. The van der Waals surface area contributed by atoms with Crippen molar-refractivity contribution in [2.75, 3.05) is 6.54 Å². The third-order valence-electron chi connectivity index (χ3n) is 3.45. The Kier molecular flexibility index (Phi) is 3.61. The average Bonchev–Trinajstić information content (AvgIpc) is 2.74. The van der Waals surface area contributed by atoms with Crippen molar-refractivity contribution in [3.8, 4) is 0 Å². The molecule has 0 aromatic rings. The highest BCUT2D eigenvalue weighted by atomic mass is 16.4. The van der Waals surface area contributed by atoms with Crippen molar-refractivity contribution in [1.82, 2.24) is 5.32 Å². The van der Waals surface area contributed by atoms with Gasteiger partial charge in [0.1, 0.15) is 0 Å². The van der Waals surface area contributed by atoms with Crippen molar-refractivity contribution in [3.63, 3.8) is 0 Å². The summed E-state index contributed by atoms with van der Waals surface area (Å²) in [5, 5.41) is 11.7. The number of carboxylic acids is 1. The second kappa shape index (κ2) is 4.44. The number of aliphatic carboxylic acids is 1. The number of amides is 1. The monoisotopic (exact) mass is 227 g/mol.